The summed E-state index contributed by atoms with van der Waals surface area (Å²) in [5, 5.41) is 0.630. The summed E-state index contributed by atoms with van der Waals surface area (Å²) in [5.41, 5.74) is 4.06. The first-order valence-electron chi connectivity index (χ1n) is 9.84. The molecule has 1 aromatic heterocycles. The maximum atomic E-state index is 12.8. The smallest absolute Gasteiger partial charge is 0.227 e. The molecule has 4 aromatic rings. The molecule has 30 heavy (non-hydrogen) atoms. The molecule has 3 aromatic carbocycles. The standard InChI is InChI=1S/C24H19BrClN3O/c25-18-6-3-5-16(11-18)14-29-22-10-2-1-9-21(22)27-24(29)17-12-23(30)28(15-17)20-8-4-7-19(26)13-20/h1-11,13,17H,12,14-15H2. The van der Waals surface area contributed by atoms with Gasteiger partial charge in [0.25, 0.3) is 0 Å². The number of halogens is 2. The molecule has 0 spiro atoms. The highest BCUT2D eigenvalue weighted by atomic mass is 79.9. The summed E-state index contributed by atoms with van der Waals surface area (Å²) >= 11 is 9.71. The molecule has 1 saturated heterocycles. The van der Waals surface area contributed by atoms with Crippen molar-refractivity contribution in [3.8, 4) is 0 Å². The Labute approximate surface area is 188 Å². The van der Waals surface area contributed by atoms with Crippen LogP contribution in [0, 0.1) is 0 Å². The van der Waals surface area contributed by atoms with E-state index in [1.807, 2.05) is 59.5 Å². The molecule has 150 valence electrons. The minimum atomic E-state index is 0.0241. The van der Waals surface area contributed by atoms with Crippen LogP contribution in [0.3, 0.4) is 0 Å². The minimum Gasteiger partial charge on any atom is -0.323 e. The van der Waals surface area contributed by atoms with Crippen molar-refractivity contribution >= 4 is 50.2 Å². The van der Waals surface area contributed by atoms with Gasteiger partial charge in [-0.15, -0.1) is 0 Å². The van der Waals surface area contributed by atoms with Crippen LogP contribution in [0.1, 0.15) is 23.7 Å². The normalized spacial score (nSPS) is 16.5. The second-order valence-corrected chi connectivity index (χ2v) is 8.91. The predicted molar refractivity (Wildman–Crippen MR) is 124 cm³/mol. The van der Waals surface area contributed by atoms with Crippen molar-refractivity contribution in [1.82, 2.24) is 9.55 Å². The number of carbonyl (C=O) groups excluding carboxylic acids is 1. The average Bonchev–Trinajstić information content (AvgIpc) is 3.29. The van der Waals surface area contributed by atoms with E-state index in [0.29, 0.717) is 24.5 Å². The number of amides is 1. The monoisotopic (exact) mass is 479 g/mol. The van der Waals surface area contributed by atoms with Crippen LogP contribution in [0.25, 0.3) is 11.0 Å². The number of fused-ring (bicyclic) bond motifs is 1. The van der Waals surface area contributed by atoms with Crippen molar-refractivity contribution in [2.75, 3.05) is 11.4 Å². The number of para-hydroxylation sites is 2. The van der Waals surface area contributed by atoms with E-state index in [-0.39, 0.29) is 11.8 Å². The number of hydrogen-bond acceptors (Lipinski definition) is 2. The molecule has 4 nitrogen and oxygen atoms in total. The number of rotatable bonds is 4. The fourth-order valence-electron chi connectivity index (χ4n) is 4.16. The topological polar surface area (TPSA) is 38.1 Å². The van der Waals surface area contributed by atoms with E-state index in [2.05, 4.69) is 38.7 Å². The van der Waals surface area contributed by atoms with Crippen molar-refractivity contribution in [2.24, 2.45) is 0 Å². The molecule has 1 atom stereocenters. The molecule has 0 aliphatic carbocycles. The van der Waals surface area contributed by atoms with E-state index in [0.717, 1.165) is 27.0 Å². The molecule has 6 heteroatoms. The van der Waals surface area contributed by atoms with Crippen molar-refractivity contribution in [2.45, 2.75) is 18.9 Å². The highest BCUT2D eigenvalue weighted by Crippen LogP contribution is 2.34. The third-order valence-electron chi connectivity index (χ3n) is 5.52. The Bertz CT molecular complexity index is 1250. The molecule has 1 amide bonds. The fourth-order valence-corrected chi connectivity index (χ4v) is 4.80. The lowest BCUT2D eigenvalue weighted by molar-refractivity contribution is -0.117. The molecule has 0 bridgehead atoms. The summed E-state index contributed by atoms with van der Waals surface area (Å²) < 4.78 is 3.30. The summed E-state index contributed by atoms with van der Waals surface area (Å²) in [7, 11) is 0. The van der Waals surface area contributed by atoms with Gasteiger partial charge < -0.3 is 9.47 Å². The van der Waals surface area contributed by atoms with Gasteiger partial charge in [0.05, 0.1) is 11.0 Å². The molecule has 0 N–H and O–H groups in total. The maximum absolute atomic E-state index is 12.8. The Balaban J connectivity index is 1.53. The van der Waals surface area contributed by atoms with Gasteiger partial charge in [0, 0.05) is 40.6 Å². The predicted octanol–water partition coefficient (Wildman–Crippen LogP) is 6.02. The Morgan fingerprint density at radius 3 is 2.70 bits per heavy atom. The van der Waals surface area contributed by atoms with Gasteiger partial charge in [0.1, 0.15) is 5.82 Å². The Morgan fingerprint density at radius 1 is 1.03 bits per heavy atom. The summed E-state index contributed by atoms with van der Waals surface area (Å²) in [4.78, 5) is 19.6. The van der Waals surface area contributed by atoms with Crippen LogP contribution in [0.2, 0.25) is 5.02 Å². The molecule has 1 unspecified atom stereocenters. The van der Waals surface area contributed by atoms with Crippen molar-refractivity contribution in [3.63, 3.8) is 0 Å². The van der Waals surface area contributed by atoms with Crippen LogP contribution >= 0.6 is 27.5 Å². The van der Waals surface area contributed by atoms with Crippen LogP contribution in [0.5, 0.6) is 0 Å². The molecule has 1 aliphatic rings. The quantitative estimate of drug-likeness (QED) is 0.358. The van der Waals surface area contributed by atoms with Gasteiger partial charge >= 0.3 is 0 Å². The second kappa shape index (κ2) is 7.89. The zero-order valence-electron chi connectivity index (χ0n) is 16.1. The van der Waals surface area contributed by atoms with Crippen LogP contribution < -0.4 is 4.90 Å². The Morgan fingerprint density at radius 2 is 1.87 bits per heavy atom. The lowest BCUT2D eigenvalue weighted by Crippen LogP contribution is -2.24. The number of nitrogens with zero attached hydrogens (tertiary/aromatic N) is 3. The number of hydrogen-bond donors (Lipinski definition) is 0. The number of aromatic nitrogens is 2. The molecular weight excluding hydrogens is 462 g/mol. The van der Waals surface area contributed by atoms with Gasteiger partial charge in [-0.1, -0.05) is 57.9 Å². The number of carbonyl (C=O) groups is 1. The molecular formula is C24H19BrClN3O. The van der Waals surface area contributed by atoms with E-state index >= 15 is 0 Å². The largest absolute Gasteiger partial charge is 0.323 e. The van der Waals surface area contributed by atoms with Gasteiger partial charge in [-0.25, -0.2) is 4.98 Å². The highest BCUT2D eigenvalue weighted by molar-refractivity contribution is 9.10. The number of benzene rings is 3. The van der Waals surface area contributed by atoms with E-state index in [1.54, 1.807) is 0 Å². The van der Waals surface area contributed by atoms with Gasteiger partial charge in [0.2, 0.25) is 5.91 Å². The third-order valence-corrected chi connectivity index (χ3v) is 6.25. The van der Waals surface area contributed by atoms with Crippen molar-refractivity contribution < 1.29 is 4.79 Å². The number of imidazole rings is 1. The first-order chi connectivity index (χ1) is 14.6. The molecule has 0 radical (unpaired) electrons. The van der Waals surface area contributed by atoms with Crippen molar-refractivity contribution in [1.29, 1.82) is 0 Å². The van der Waals surface area contributed by atoms with Crippen LogP contribution in [-0.2, 0) is 11.3 Å². The lowest BCUT2D eigenvalue weighted by atomic mass is 10.1. The lowest BCUT2D eigenvalue weighted by Gasteiger charge is -2.18. The van der Waals surface area contributed by atoms with Gasteiger partial charge in [0.15, 0.2) is 0 Å². The second-order valence-electron chi connectivity index (χ2n) is 7.56. The fraction of sp³-hybridized carbons (Fsp3) is 0.167. The Kier molecular flexibility index (Phi) is 5.09. The highest BCUT2D eigenvalue weighted by Gasteiger charge is 2.35. The minimum absolute atomic E-state index is 0.0241. The van der Waals surface area contributed by atoms with Gasteiger partial charge in [-0.2, -0.15) is 0 Å². The number of anilines is 1. The molecule has 1 fully saturated rings. The zero-order valence-corrected chi connectivity index (χ0v) is 18.5. The van der Waals surface area contributed by atoms with E-state index in [4.69, 9.17) is 16.6 Å². The zero-order chi connectivity index (χ0) is 20.7. The van der Waals surface area contributed by atoms with E-state index in [1.165, 1.54) is 5.56 Å². The molecule has 0 saturated carbocycles. The summed E-state index contributed by atoms with van der Waals surface area (Å²) in [6.07, 6.45) is 0.439. The summed E-state index contributed by atoms with van der Waals surface area (Å²) in [6, 6.07) is 23.9. The first kappa shape index (κ1) is 19.3. The van der Waals surface area contributed by atoms with E-state index < -0.39 is 0 Å². The van der Waals surface area contributed by atoms with Crippen LogP contribution in [0.4, 0.5) is 5.69 Å². The van der Waals surface area contributed by atoms with Crippen molar-refractivity contribution in [3.05, 3.63) is 93.7 Å². The molecule has 2 heterocycles. The molecule has 5 rings (SSSR count). The summed E-state index contributed by atoms with van der Waals surface area (Å²) in [6.45, 7) is 1.30. The maximum Gasteiger partial charge on any atom is 0.227 e. The average molecular weight is 481 g/mol. The molecule has 1 aliphatic heterocycles. The van der Waals surface area contributed by atoms with E-state index in [9.17, 15) is 4.79 Å². The Hall–Kier alpha value is -2.63. The van der Waals surface area contributed by atoms with Gasteiger partial charge in [-0.05, 0) is 48.0 Å². The SMILES string of the molecule is O=C1CC(c2nc3ccccc3n2Cc2cccc(Br)c2)CN1c1cccc(Cl)c1. The van der Waals surface area contributed by atoms with Crippen LogP contribution in [0.15, 0.2) is 77.3 Å². The summed E-state index contributed by atoms with van der Waals surface area (Å²) in [5.74, 6) is 1.08. The van der Waals surface area contributed by atoms with Gasteiger partial charge in [-0.3, -0.25) is 4.79 Å². The first-order valence-corrected chi connectivity index (χ1v) is 11.0. The van der Waals surface area contributed by atoms with Crippen LogP contribution in [-0.4, -0.2) is 22.0 Å². The third kappa shape index (κ3) is 3.64.